The summed E-state index contributed by atoms with van der Waals surface area (Å²) in [6.07, 6.45) is 5.54. The van der Waals surface area contributed by atoms with Crippen LogP contribution in [0.25, 0.3) is 0 Å². The van der Waals surface area contributed by atoms with Gasteiger partial charge in [-0.2, -0.15) is 0 Å². The Kier molecular flexibility index (Phi) is 7.11. The predicted octanol–water partition coefficient (Wildman–Crippen LogP) is 7.92. The first-order valence-electron chi connectivity index (χ1n) is 13.0. The summed E-state index contributed by atoms with van der Waals surface area (Å²) >= 11 is 0. The molecular formula is C33H39NO2S. The van der Waals surface area contributed by atoms with Crippen LogP contribution in [0.5, 0.6) is 0 Å². The highest BCUT2D eigenvalue weighted by Gasteiger charge is 2.49. The maximum Gasteiger partial charge on any atom is 0.208 e. The van der Waals surface area contributed by atoms with E-state index in [2.05, 4.69) is 65.8 Å². The fourth-order valence-electron chi connectivity index (χ4n) is 5.24. The minimum Gasteiger partial charge on any atom is -0.266 e. The van der Waals surface area contributed by atoms with Gasteiger partial charge in [-0.25, -0.2) is 8.42 Å². The van der Waals surface area contributed by atoms with E-state index in [4.69, 9.17) is 4.99 Å². The molecule has 4 rings (SSSR count). The lowest BCUT2D eigenvalue weighted by Crippen LogP contribution is -2.38. The van der Waals surface area contributed by atoms with Crippen LogP contribution in [0.4, 0.5) is 0 Å². The molecule has 0 aromatic heterocycles. The molecule has 1 aliphatic rings. The van der Waals surface area contributed by atoms with Gasteiger partial charge >= 0.3 is 0 Å². The first kappa shape index (κ1) is 27.1. The molecular weight excluding hydrogens is 474 g/mol. The second-order valence-electron chi connectivity index (χ2n) is 12.3. The molecule has 1 aliphatic heterocycles. The van der Waals surface area contributed by atoms with E-state index in [-0.39, 0.29) is 16.7 Å². The zero-order chi connectivity index (χ0) is 27.1. The number of sulfone groups is 1. The molecule has 1 atom stereocenters. The number of benzene rings is 3. The van der Waals surface area contributed by atoms with Crippen LogP contribution in [-0.4, -0.2) is 19.5 Å². The van der Waals surface area contributed by atoms with E-state index in [9.17, 15) is 0 Å². The van der Waals surface area contributed by atoms with Crippen molar-refractivity contribution in [3.63, 3.8) is 0 Å². The van der Waals surface area contributed by atoms with E-state index in [1.807, 2.05) is 55.5 Å². The topological polar surface area (TPSA) is 46.5 Å². The van der Waals surface area contributed by atoms with Gasteiger partial charge < -0.3 is 0 Å². The Labute approximate surface area is 223 Å². The third-order valence-corrected chi connectivity index (χ3v) is 9.54. The Morgan fingerprint density at radius 1 is 0.784 bits per heavy atom. The maximum atomic E-state index is 15.0. The monoisotopic (exact) mass is 513 g/mol. The Morgan fingerprint density at radius 3 is 1.62 bits per heavy atom. The summed E-state index contributed by atoms with van der Waals surface area (Å²) in [5.74, 6) is -0.140. The summed E-state index contributed by atoms with van der Waals surface area (Å²) in [4.78, 5) is 3.78. The van der Waals surface area contributed by atoms with Crippen LogP contribution < -0.4 is 0 Å². The van der Waals surface area contributed by atoms with Gasteiger partial charge in [-0.05, 0) is 52.2 Å². The van der Waals surface area contributed by atoms with E-state index in [0.717, 1.165) is 27.8 Å². The highest BCUT2D eigenvalue weighted by Crippen LogP contribution is 2.47. The number of rotatable bonds is 6. The molecule has 194 valence electrons. The average Bonchev–Trinajstić information content (AvgIpc) is 3.32. The van der Waals surface area contributed by atoms with Gasteiger partial charge in [0.15, 0.2) is 4.87 Å². The lowest BCUT2D eigenvalue weighted by atomic mass is 9.79. The van der Waals surface area contributed by atoms with Crippen LogP contribution in [-0.2, 0) is 20.7 Å². The molecule has 0 radical (unpaired) electrons. The first-order valence-corrected chi connectivity index (χ1v) is 14.5. The SMILES string of the molecule is Cc1cc(C(C)(C)C)c(S(=O)(=O)C2(CC(c3ccccc3)c3ccccc3)C=CC=N2)c(C(C)(C)C)c1. The Bertz CT molecular complexity index is 1330. The Balaban J connectivity index is 1.98. The van der Waals surface area contributed by atoms with Crippen LogP contribution in [0.3, 0.4) is 0 Å². The summed E-state index contributed by atoms with van der Waals surface area (Å²) < 4.78 is 30.1. The van der Waals surface area contributed by atoms with Crippen LogP contribution in [0.2, 0.25) is 0 Å². The molecule has 0 aliphatic carbocycles. The number of nitrogens with zero attached hydrogens (tertiary/aromatic N) is 1. The van der Waals surface area contributed by atoms with Crippen LogP contribution in [0, 0.1) is 6.92 Å². The molecule has 1 heterocycles. The Morgan fingerprint density at radius 2 is 1.24 bits per heavy atom. The van der Waals surface area contributed by atoms with Gasteiger partial charge in [0.05, 0.1) is 4.90 Å². The molecule has 0 spiro atoms. The van der Waals surface area contributed by atoms with Crippen molar-refractivity contribution in [2.24, 2.45) is 4.99 Å². The zero-order valence-electron chi connectivity index (χ0n) is 23.1. The fraction of sp³-hybridized carbons (Fsp3) is 0.364. The largest absolute Gasteiger partial charge is 0.266 e. The lowest BCUT2D eigenvalue weighted by molar-refractivity contribution is 0.504. The van der Waals surface area contributed by atoms with E-state index in [1.165, 1.54) is 0 Å². The van der Waals surface area contributed by atoms with Crippen molar-refractivity contribution in [2.45, 2.75) is 81.4 Å². The quantitative estimate of drug-likeness (QED) is 0.336. The van der Waals surface area contributed by atoms with E-state index in [0.29, 0.717) is 11.3 Å². The van der Waals surface area contributed by atoms with E-state index >= 15 is 8.42 Å². The van der Waals surface area contributed by atoms with Crippen molar-refractivity contribution in [1.82, 2.24) is 0 Å². The first-order chi connectivity index (χ1) is 17.3. The summed E-state index contributed by atoms with van der Waals surface area (Å²) in [6.45, 7) is 14.6. The van der Waals surface area contributed by atoms with Crippen LogP contribution in [0.1, 0.15) is 81.7 Å². The van der Waals surface area contributed by atoms with Gasteiger partial charge in [0.1, 0.15) is 0 Å². The van der Waals surface area contributed by atoms with E-state index < -0.39 is 14.7 Å². The molecule has 37 heavy (non-hydrogen) atoms. The van der Waals surface area contributed by atoms with E-state index in [1.54, 1.807) is 18.4 Å². The molecule has 1 unspecified atom stereocenters. The van der Waals surface area contributed by atoms with Crippen LogP contribution in [0.15, 0.2) is 94.8 Å². The number of aliphatic imine (C=N–C) groups is 1. The summed E-state index contributed by atoms with van der Waals surface area (Å²) in [5.41, 5.74) is 4.20. The van der Waals surface area contributed by atoms with Gasteiger partial charge in [-0.1, -0.05) is 120 Å². The van der Waals surface area contributed by atoms with Crippen molar-refractivity contribution in [3.05, 3.63) is 113 Å². The number of hydrogen-bond donors (Lipinski definition) is 0. The van der Waals surface area contributed by atoms with Crippen molar-refractivity contribution in [3.8, 4) is 0 Å². The fourth-order valence-corrected chi connectivity index (χ4v) is 7.75. The van der Waals surface area contributed by atoms with Gasteiger partial charge in [0.2, 0.25) is 9.84 Å². The van der Waals surface area contributed by atoms with Gasteiger partial charge in [-0.3, -0.25) is 4.99 Å². The standard InChI is InChI=1S/C33H39NO2S/c1-24-21-28(31(2,3)4)30(29(22-24)32(5,6)7)37(35,36)33(19-14-20-34-33)23-27(25-15-10-8-11-16-25)26-17-12-9-13-18-26/h8-22,27H,23H2,1-7H3. The minimum atomic E-state index is -3.94. The van der Waals surface area contributed by atoms with Crippen molar-refractivity contribution >= 4 is 16.1 Å². The molecule has 0 saturated carbocycles. The molecule has 0 bridgehead atoms. The molecule has 3 aromatic rings. The zero-order valence-corrected chi connectivity index (χ0v) is 23.9. The number of hydrogen-bond acceptors (Lipinski definition) is 3. The van der Waals surface area contributed by atoms with Crippen molar-refractivity contribution in [2.75, 3.05) is 0 Å². The maximum absolute atomic E-state index is 15.0. The molecule has 0 amide bonds. The van der Waals surface area contributed by atoms with Crippen LogP contribution >= 0.6 is 0 Å². The highest BCUT2D eigenvalue weighted by molar-refractivity contribution is 7.93. The Hall–Kier alpha value is -2.98. The molecule has 0 saturated heterocycles. The predicted molar refractivity (Wildman–Crippen MR) is 155 cm³/mol. The molecule has 3 nitrogen and oxygen atoms in total. The lowest BCUT2D eigenvalue weighted by Gasteiger charge is -2.35. The third-order valence-electron chi connectivity index (χ3n) is 7.22. The highest BCUT2D eigenvalue weighted by atomic mass is 32.2. The summed E-state index contributed by atoms with van der Waals surface area (Å²) in [5, 5.41) is 0. The van der Waals surface area contributed by atoms with Crippen molar-refractivity contribution in [1.29, 1.82) is 0 Å². The molecule has 0 N–H and O–H groups in total. The van der Waals surface area contributed by atoms with Gasteiger partial charge in [0, 0.05) is 18.6 Å². The number of allylic oxidation sites excluding steroid dienone is 1. The van der Waals surface area contributed by atoms with Gasteiger partial charge in [0.25, 0.3) is 0 Å². The second-order valence-corrected chi connectivity index (χ2v) is 14.4. The number of aryl methyl sites for hydroxylation is 1. The molecule has 4 heteroatoms. The summed E-state index contributed by atoms with van der Waals surface area (Å²) in [7, 11) is -3.94. The second kappa shape index (κ2) is 9.72. The van der Waals surface area contributed by atoms with Crippen molar-refractivity contribution < 1.29 is 8.42 Å². The summed E-state index contributed by atoms with van der Waals surface area (Å²) in [6, 6.07) is 24.4. The molecule has 3 aromatic carbocycles. The third kappa shape index (κ3) is 5.22. The van der Waals surface area contributed by atoms with Gasteiger partial charge in [-0.15, -0.1) is 0 Å². The average molecular weight is 514 g/mol. The molecule has 0 fully saturated rings. The minimum absolute atomic E-state index is 0.140. The normalized spacial score (nSPS) is 18.1. The smallest absolute Gasteiger partial charge is 0.208 e.